The molecule has 3 nitrogen and oxygen atoms in total. The molecule has 1 rings (SSSR count). The van der Waals surface area contributed by atoms with E-state index in [1.54, 1.807) is 12.1 Å². The highest BCUT2D eigenvalue weighted by Gasteiger charge is 2.28. The van der Waals surface area contributed by atoms with Crippen LogP contribution < -0.4 is 0 Å². The first kappa shape index (κ1) is 15.7. The lowest BCUT2D eigenvalue weighted by molar-refractivity contribution is 0.00384. The summed E-state index contributed by atoms with van der Waals surface area (Å²) in [6.07, 6.45) is 3.82. The summed E-state index contributed by atoms with van der Waals surface area (Å²) in [7, 11) is 0. The maximum absolute atomic E-state index is 11.9. The molecule has 19 heavy (non-hydrogen) atoms. The highest BCUT2D eigenvalue weighted by Crippen LogP contribution is 2.29. The molecular weight excluding hydrogens is 240 g/mol. The predicted octanol–water partition coefficient (Wildman–Crippen LogP) is 3.42. The molecule has 0 radical (unpaired) electrons. The number of aliphatic hydroxyl groups is 1. The molecule has 1 atom stereocenters. The van der Waals surface area contributed by atoms with Gasteiger partial charge in [0.05, 0.1) is 18.8 Å². The van der Waals surface area contributed by atoms with E-state index in [0.717, 1.165) is 25.7 Å². The predicted molar refractivity (Wildman–Crippen MR) is 76.1 cm³/mol. The molecule has 0 saturated carbocycles. The number of hydrogen-bond acceptors (Lipinski definition) is 3. The van der Waals surface area contributed by atoms with E-state index in [-0.39, 0.29) is 24.6 Å². The maximum Gasteiger partial charge on any atom is 0.338 e. The van der Waals surface area contributed by atoms with Gasteiger partial charge in [0, 0.05) is 5.41 Å². The van der Waals surface area contributed by atoms with Gasteiger partial charge in [-0.05, 0) is 25.0 Å². The summed E-state index contributed by atoms with van der Waals surface area (Å²) in [6, 6.07) is 8.96. The molecule has 106 valence electrons. The topological polar surface area (TPSA) is 46.5 Å². The highest BCUT2D eigenvalue weighted by atomic mass is 16.5. The van der Waals surface area contributed by atoms with Crippen LogP contribution in [0.25, 0.3) is 0 Å². The van der Waals surface area contributed by atoms with Crippen molar-refractivity contribution in [3.8, 4) is 0 Å². The second kappa shape index (κ2) is 7.95. The number of ether oxygens (including phenoxy) is 1. The van der Waals surface area contributed by atoms with Crippen molar-refractivity contribution in [3.63, 3.8) is 0 Å². The van der Waals surface area contributed by atoms with E-state index in [0.29, 0.717) is 5.56 Å². The molecule has 1 aromatic carbocycles. The zero-order valence-electron chi connectivity index (χ0n) is 11.9. The van der Waals surface area contributed by atoms with Crippen LogP contribution in [0.1, 0.15) is 49.9 Å². The number of carbonyl (C=O) groups excluding carboxylic acids is 1. The van der Waals surface area contributed by atoms with E-state index in [1.807, 2.05) is 25.1 Å². The van der Waals surface area contributed by atoms with E-state index in [2.05, 4.69) is 6.92 Å². The van der Waals surface area contributed by atoms with Crippen LogP contribution in [0, 0.1) is 5.41 Å². The van der Waals surface area contributed by atoms with Crippen LogP contribution in [-0.2, 0) is 4.74 Å². The van der Waals surface area contributed by atoms with Gasteiger partial charge in [0.1, 0.15) is 0 Å². The second-order valence-electron chi connectivity index (χ2n) is 5.06. The summed E-state index contributed by atoms with van der Waals surface area (Å²) in [5, 5.41) is 9.60. The molecule has 0 spiro atoms. The minimum Gasteiger partial charge on any atom is -0.461 e. The molecule has 0 fully saturated rings. The SMILES string of the molecule is CCCCC(CC)(CO)COC(=O)c1ccccc1. The Morgan fingerprint density at radius 3 is 2.47 bits per heavy atom. The van der Waals surface area contributed by atoms with Gasteiger partial charge in [-0.3, -0.25) is 0 Å². The van der Waals surface area contributed by atoms with Gasteiger partial charge in [0.15, 0.2) is 0 Å². The van der Waals surface area contributed by atoms with Crippen LogP contribution in [-0.4, -0.2) is 24.3 Å². The molecule has 0 bridgehead atoms. The Hall–Kier alpha value is -1.35. The summed E-state index contributed by atoms with van der Waals surface area (Å²) in [4.78, 5) is 11.9. The van der Waals surface area contributed by atoms with E-state index < -0.39 is 0 Å². The number of aliphatic hydroxyl groups excluding tert-OH is 1. The summed E-state index contributed by atoms with van der Waals surface area (Å²) in [5.41, 5.74) is 0.265. The minimum absolute atomic E-state index is 0.0611. The van der Waals surface area contributed by atoms with Crippen LogP contribution >= 0.6 is 0 Å². The normalized spacial score (nSPS) is 13.8. The molecule has 0 aliphatic rings. The number of esters is 1. The summed E-state index contributed by atoms with van der Waals surface area (Å²) in [5.74, 6) is -0.316. The molecule has 0 amide bonds. The fourth-order valence-electron chi connectivity index (χ4n) is 2.02. The second-order valence-corrected chi connectivity index (χ2v) is 5.06. The van der Waals surface area contributed by atoms with Crippen molar-refractivity contribution in [3.05, 3.63) is 35.9 Å². The average Bonchev–Trinajstić information content (AvgIpc) is 2.49. The summed E-state index contributed by atoms with van der Waals surface area (Å²) in [6.45, 7) is 4.50. The van der Waals surface area contributed by atoms with E-state index in [9.17, 15) is 9.90 Å². The Labute approximate surface area is 115 Å². The van der Waals surface area contributed by atoms with Crippen LogP contribution in [0.2, 0.25) is 0 Å². The molecule has 0 aliphatic carbocycles. The monoisotopic (exact) mass is 264 g/mol. The Balaban J connectivity index is 2.59. The molecule has 0 heterocycles. The Kier molecular flexibility index (Phi) is 6.57. The van der Waals surface area contributed by atoms with Crippen molar-refractivity contribution in [2.75, 3.05) is 13.2 Å². The average molecular weight is 264 g/mol. The van der Waals surface area contributed by atoms with Gasteiger partial charge in [-0.25, -0.2) is 4.79 Å². The van der Waals surface area contributed by atoms with Crippen molar-refractivity contribution in [1.29, 1.82) is 0 Å². The Bertz CT molecular complexity index is 369. The number of unbranched alkanes of at least 4 members (excludes halogenated alkanes) is 1. The molecule has 1 aromatic rings. The number of carbonyl (C=O) groups is 1. The first-order valence-corrected chi connectivity index (χ1v) is 7.00. The van der Waals surface area contributed by atoms with Crippen molar-refractivity contribution < 1.29 is 14.6 Å². The third-order valence-corrected chi connectivity index (χ3v) is 3.67. The fraction of sp³-hybridized carbons (Fsp3) is 0.562. The molecule has 0 saturated heterocycles. The van der Waals surface area contributed by atoms with E-state index in [1.165, 1.54) is 0 Å². The number of rotatable bonds is 8. The van der Waals surface area contributed by atoms with Crippen LogP contribution in [0.5, 0.6) is 0 Å². The third kappa shape index (κ3) is 4.67. The standard InChI is InChI=1S/C16H24O3/c1-3-5-11-16(4-2,12-17)13-19-15(18)14-9-7-6-8-10-14/h6-10,17H,3-5,11-13H2,1-2H3. The van der Waals surface area contributed by atoms with Crippen LogP contribution in [0.4, 0.5) is 0 Å². The van der Waals surface area contributed by atoms with E-state index in [4.69, 9.17) is 4.74 Å². The zero-order chi connectivity index (χ0) is 14.1. The lowest BCUT2D eigenvalue weighted by atomic mass is 9.82. The summed E-state index contributed by atoms with van der Waals surface area (Å²) < 4.78 is 5.37. The number of benzene rings is 1. The maximum atomic E-state index is 11.9. The van der Waals surface area contributed by atoms with Crippen LogP contribution in [0.3, 0.4) is 0 Å². The van der Waals surface area contributed by atoms with Gasteiger partial charge in [-0.15, -0.1) is 0 Å². The van der Waals surface area contributed by atoms with Gasteiger partial charge in [0.2, 0.25) is 0 Å². The lowest BCUT2D eigenvalue weighted by Crippen LogP contribution is -2.31. The fourth-order valence-corrected chi connectivity index (χ4v) is 2.02. The zero-order valence-corrected chi connectivity index (χ0v) is 11.9. The Morgan fingerprint density at radius 2 is 1.95 bits per heavy atom. The van der Waals surface area contributed by atoms with Gasteiger partial charge in [-0.2, -0.15) is 0 Å². The lowest BCUT2D eigenvalue weighted by Gasteiger charge is -2.30. The Morgan fingerprint density at radius 1 is 1.26 bits per heavy atom. The van der Waals surface area contributed by atoms with Gasteiger partial charge >= 0.3 is 5.97 Å². The van der Waals surface area contributed by atoms with Crippen LogP contribution in [0.15, 0.2) is 30.3 Å². The van der Waals surface area contributed by atoms with Crippen molar-refractivity contribution in [1.82, 2.24) is 0 Å². The molecule has 1 N–H and O–H groups in total. The smallest absolute Gasteiger partial charge is 0.338 e. The molecule has 0 aromatic heterocycles. The van der Waals surface area contributed by atoms with Crippen molar-refractivity contribution in [2.24, 2.45) is 5.41 Å². The van der Waals surface area contributed by atoms with Crippen molar-refractivity contribution in [2.45, 2.75) is 39.5 Å². The minimum atomic E-state index is -0.316. The quantitative estimate of drug-likeness (QED) is 0.732. The largest absolute Gasteiger partial charge is 0.461 e. The first-order chi connectivity index (χ1) is 9.17. The highest BCUT2D eigenvalue weighted by molar-refractivity contribution is 5.89. The van der Waals surface area contributed by atoms with Gasteiger partial charge in [-0.1, -0.05) is 44.9 Å². The molecule has 3 heteroatoms. The third-order valence-electron chi connectivity index (χ3n) is 3.67. The van der Waals surface area contributed by atoms with Crippen molar-refractivity contribution >= 4 is 5.97 Å². The van der Waals surface area contributed by atoms with Gasteiger partial charge in [0.25, 0.3) is 0 Å². The summed E-state index contributed by atoms with van der Waals surface area (Å²) >= 11 is 0. The first-order valence-electron chi connectivity index (χ1n) is 7.00. The molecule has 0 aliphatic heterocycles. The molecule has 1 unspecified atom stereocenters. The van der Waals surface area contributed by atoms with Gasteiger partial charge < -0.3 is 9.84 Å². The molecular formula is C16H24O3. The number of hydrogen-bond donors (Lipinski definition) is 1. The van der Waals surface area contributed by atoms with E-state index >= 15 is 0 Å².